The second-order valence-corrected chi connectivity index (χ2v) is 10.4. The van der Waals surface area contributed by atoms with Crippen LogP contribution < -0.4 is 15.5 Å². The number of esters is 2. The predicted molar refractivity (Wildman–Crippen MR) is 144 cm³/mol. The fourth-order valence-electron chi connectivity index (χ4n) is 4.39. The number of carbonyl (C=O) groups excluding carboxylic acids is 4. The van der Waals surface area contributed by atoms with Gasteiger partial charge in [0, 0.05) is 19.2 Å². The molecule has 10 heteroatoms. The summed E-state index contributed by atoms with van der Waals surface area (Å²) in [4.78, 5) is 50.8. The first-order valence-electron chi connectivity index (χ1n) is 12.8. The fraction of sp³-hybridized carbons (Fsp3) is 0.379. The van der Waals surface area contributed by atoms with Crippen LogP contribution in [0.2, 0.25) is 0 Å². The highest BCUT2D eigenvalue weighted by Crippen LogP contribution is 2.31. The molecule has 2 amide bonds. The lowest BCUT2D eigenvalue weighted by Gasteiger charge is -2.23. The number of hydrogen-bond donors (Lipinski definition) is 2. The van der Waals surface area contributed by atoms with Crippen LogP contribution in [0.3, 0.4) is 0 Å². The number of anilines is 1. The lowest BCUT2D eigenvalue weighted by molar-refractivity contribution is -0.150. The molecule has 0 aromatic heterocycles. The number of cyclic esters (lactones) is 1. The van der Waals surface area contributed by atoms with Gasteiger partial charge in [0.05, 0.1) is 30.3 Å². The van der Waals surface area contributed by atoms with E-state index in [0.717, 1.165) is 11.1 Å². The molecule has 2 aromatic carbocycles. The summed E-state index contributed by atoms with van der Waals surface area (Å²) in [6, 6.07) is 15.3. The van der Waals surface area contributed by atoms with Crippen molar-refractivity contribution in [3.05, 3.63) is 71.3 Å². The molecular formula is C29H33N3O7. The van der Waals surface area contributed by atoms with Gasteiger partial charge in [0.25, 0.3) is 0 Å². The molecule has 206 valence electrons. The topological polar surface area (TPSA) is 123 Å². The summed E-state index contributed by atoms with van der Waals surface area (Å²) in [5.41, 5.74) is 2.24. The minimum atomic E-state index is -0.712. The quantitative estimate of drug-likeness (QED) is 0.391. The van der Waals surface area contributed by atoms with Crippen molar-refractivity contribution in [3.63, 3.8) is 0 Å². The molecule has 1 fully saturated rings. The molecule has 2 aliphatic rings. The molecule has 0 bridgehead atoms. The third-order valence-corrected chi connectivity index (χ3v) is 6.19. The normalized spacial score (nSPS) is 19.1. The first kappa shape index (κ1) is 27.8. The van der Waals surface area contributed by atoms with Gasteiger partial charge in [0.2, 0.25) is 5.91 Å². The van der Waals surface area contributed by atoms with E-state index < -0.39 is 35.8 Å². The number of carbonyl (C=O) groups is 4. The van der Waals surface area contributed by atoms with Crippen LogP contribution in [-0.2, 0) is 23.8 Å². The lowest BCUT2D eigenvalue weighted by Crippen LogP contribution is -2.36. The average molecular weight is 536 g/mol. The van der Waals surface area contributed by atoms with Crippen LogP contribution in [0, 0.1) is 0 Å². The number of nitrogens with one attached hydrogen (secondary N) is 2. The van der Waals surface area contributed by atoms with Crippen molar-refractivity contribution in [2.75, 3.05) is 31.1 Å². The van der Waals surface area contributed by atoms with Crippen LogP contribution in [-0.4, -0.2) is 67.9 Å². The summed E-state index contributed by atoms with van der Waals surface area (Å²) in [5.74, 6) is -1.16. The number of rotatable bonds is 8. The molecule has 0 aliphatic carbocycles. The van der Waals surface area contributed by atoms with E-state index in [0.29, 0.717) is 29.9 Å². The summed E-state index contributed by atoms with van der Waals surface area (Å²) in [6.45, 7) is 7.65. The zero-order valence-electron chi connectivity index (χ0n) is 22.5. The zero-order chi connectivity index (χ0) is 28.2. The monoisotopic (exact) mass is 535 g/mol. The van der Waals surface area contributed by atoms with Gasteiger partial charge in [-0.2, -0.15) is 0 Å². The number of hydrogen-bond acceptors (Lipinski definition) is 8. The van der Waals surface area contributed by atoms with E-state index >= 15 is 0 Å². The third-order valence-electron chi connectivity index (χ3n) is 6.19. The Morgan fingerprint density at radius 2 is 1.74 bits per heavy atom. The van der Waals surface area contributed by atoms with E-state index in [1.165, 1.54) is 11.8 Å². The van der Waals surface area contributed by atoms with E-state index in [-0.39, 0.29) is 19.1 Å². The smallest absolute Gasteiger partial charge is 0.414 e. The van der Waals surface area contributed by atoms with E-state index in [9.17, 15) is 19.2 Å². The lowest BCUT2D eigenvalue weighted by atomic mass is 9.98. The molecule has 2 aliphatic heterocycles. The Balaban J connectivity index is 1.53. The molecule has 2 atom stereocenters. The number of benzene rings is 2. The maximum Gasteiger partial charge on any atom is 0.414 e. The fourth-order valence-corrected chi connectivity index (χ4v) is 4.39. The maximum atomic E-state index is 13.3. The molecule has 2 aromatic rings. The van der Waals surface area contributed by atoms with E-state index in [1.54, 1.807) is 57.2 Å². The van der Waals surface area contributed by atoms with Crippen molar-refractivity contribution in [1.29, 1.82) is 0 Å². The van der Waals surface area contributed by atoms with Crippen molar-refractivity contribution in [2.24, 2.45) is 0 Å². The van der Waals surface area contributed by atoms with Crippen molar-refractivity contribution in [1.82, 2.24) is 10.6 Å². The van der Waals surface area contributed by atoms with E-state index in [2.05, 4.69) is 10.6 Å². The molecule has 2 N–H and O–H groups in total. The number of ether oxygens (including phenoxy) is 3. The first-order valence-corrected chi connectivity index (χ1v) is 12.8. The highest BCUT2D eigenvalue weighted by molar-refractivity contribution is 6.01. The van der Waals surface area contributed by atoms with Gasteiger partial charge in [-0.05, 0) is 56.2 Å². The molecule has 0 spiro atoms. The van der Waals surface area contributed by atoms with E-state index in [4.69, 9.17) is 14.2 Å². The largest absolute Gasteiger partial charge is 0.460 e. The van der Waals surface area contributed by atoms with Crippen LogP contribution >= 0.6 is 0 Å². The second kappa shape index (κ2) is 11.7. The van der Waals surface area contributed by atoms with Crippen molar-refractivity contribution in [3.8, 4) is 0 Å². The SMILES string of the molecule is CC(=O)NC[C@H]1CN(c2ccc(C3=C(C(=O)OC(C)(C)C)[C@@H](COC(=O)c4ccccc4)NC3)cc2)C(=O)O1. The van der Waals surface area contributed by atoms with E-state index in [1.807, 2.05) is 18.2 Å². The Morgan fingerprint density at radius 3 is 2.38 bits per heavy atom. The van der Waals surface area contributed by atoms with Crippen LogP contribution in [0.1, 0.15) is 43.6 Å². The summed E-state index contributed by atoms with van der Waals surface area (Å²) in [6.07, 6.45) is -0.935. The summed E-state index contributed by atoms with van der Waals surface area (Å²) < 4.78 is 16.6. The molecule has 4 rings (SSSR count). The molecule has 0 unspecified atom stereocenters. The molecule has 10 nitrogen and oxygen atoms in total. The Bertz CT molecular complexity index is 1270. The maximum absolute atomic E-state index is 13.3. The van der Waals surface area contributed by atoms with Gasteiger partial charge in [-0.25, -0.2) is 14.4 Å². The Morgan fingerprint density at radius 1 is 1.05 bits per heavy atom. The second-order valence-electron chi connectivity index (χ2n) is 10.4. The van der Waals surface area contributed by atoms with Gasteiger partial charge in [0.1, 0.15) is 18.3 Å². The molecule has 0 saturated carbocycles. The number of amides is 2. The van der Waals surface area contributed by atoms with Crippen molar-refractivity contribution in [2.45, 2.75) is 45.4 Å². The molecule has 39 heavy (non-hydrogen) atoms. The summed E-state index contributed by atoms with van der Waals surface area (Å²) >= 11 is 0. The van der Waals surface area contributed by atoms with Crippen LogP contribution in [0.5, 0.6) is 0 Å². The summed E-state index contributed by atoms with van der Waals surface area (Å²) in [5, 5.41) is 5.92. The highest BCUT2D eigenvalue weighted by atomic mass is 16.6. The van der Waals surface area contributed by atoms with Gasteiger partial charge in [-0.1, -0.05) is 30.3 Å². The predicted octanol–water partition coefficient (Wildman–Crippen LogP) is 3.07. The van der Waals surface area contributed by atoms with Crippen molar-refractivity contribution >= 4 is 35.2 Å². The van der Waals surface area contributed by atoms with Crippen molar-refractivity contribution < 1.29 is 33.4 Å². The Labute approximate surface area is 227 Å². The van der Waals surface area contributed by atoms with Gasteiger partial charge >= 0.3 is 18.0 Å². The standard InChI is InChI=1S/C29H33N3O7/c1-18(33)30-14-22-16-32(28(36)38-22)21-12-10-19(11-13-21)23-15-31-24(25(23)27(35)39-29(2,3)4)17-37-26(34)20-8-6-5-7-9-20/h5-13,22,24,31H,14-17H2,1-4H3,(H,30,33)/t22-,24+/m0/s1. The molecule has 2 heterocycles. The minimum Gasteiger partial charge on any atom is -0.460 e. The Kier molecular flexibility index (Phi) is 8.35. The Hall–Kier alpha value is -4.18. The highest BCUT2D eigenvalue weighted by Gasteiger charge is 2.36. The summed E-state index contributed by atoms with van der Waals surface area (Å²) in [7, 11) is 0. The van der Waals surface area contributed by atoms with Gasteiger partial charge in [0.15, 0.2) is 0 Å². The number of nitrogens with zero attached hydrogens (tertiary/aromatic N) is 1. The third kappa shape index (κ3) is 7.02. The van der Waals surface area contributed by atoms with Gasteiger partial charge in [-0.15, -0.1) is 0 Å². The van der Waals surface area contributed by atoms with Gasteiger partial charge < -0.3 is 24.8 Å². The molecule has 1 saturated heterocycles. The van der Waals surface area contributed by atoms with Crippen LogP contribution in [0.25, 0.3) is 5.57 Å². The molecular weight excluding hydrogens is 502 g/mol. The first-order chi connectivity index (χ1) is 18.5. The average Bonchev–Trinajstić information content (AvgIpc) is 3.49. The molecule has 0 radical (unpaired) electrons. The minimum absolute atomic E-state index is 0.0425. The van der Waals surface area contributed by atoms with Crippen LogP contribution in [0.15, 0.2) is 60.2 Å². The zero-order valence-corrected chi connectivity index (χ0v) is 22.5. The van der Waals surface area contributed by atoms with Gasteiger partial charge in [-0.3, -0.25) is 9.69 Å². The van der Waals surface area contributed by atoms with Crippen LogP contribution in [0.4, 0.5) is 10.5 Å².